The van der Waals surface area contributed by atoms with Gasteiger partial charge in [0.2, 0.25) is 0 Å². The van der Waals surface area contributed by atoms with Gasteiger partial charge in [0.05, 0.1) is 12.7 Å². The lowest BCUT2D eigenvalue weighted by Crippen LogP contribution is -2.68. The Hall–Kier alpha value is -0.450. The number of carbonyl (C=O) groups excluding carboxylic acids is 1. The molecule has 0 radical (unpaired) electrons. The molecule has 1 heterocycles. The number of aliphatic hydroxyl groups is 1. The largest absolute Gasteiger partial charge is 0.393 e. The van der Waals surface area contributed by atoms with E-state index in [1.54, 1.807) is 7.11 Å². The monoisotopic (exact) mass is 336 g/mol. The lowest BCUT2D eigenvalue weighted by Gasteiger charge is -2.69. The molecule has 24 heavy (non-hydrogen) atoms. The first kappa shape index (κ1) is 17.0. The zero-order valence-electron chi connectivity index (χ0n) is 15.1. The van der Waals surface area contributed by atoms with Gasteiger partial charge in [0, 0.05) is 18.9 Å². The Balaban J connectivity index is 1.81. The summed E-state index contributed by atoms with van der Waals surface area (Å²) >= 11 is 0. The third-order valence-corrected chi connectivity index (χ3v) is 8.30. The number of ether oxygens (including phenoxy) is 2. The maximum absolute atomic E-state index is 11.5. The van der Waals surface area contributed by atoms with Crippen molar-refractivity contribution in [1.82, 2.24) is 0 Å². The number of fused-ring (bicyclic) bond motifs is 1. The first-order valence-corrected chi connectivity index (χ1v) is 9.77. The van der Waals surface area contributed by atoms with Gasteiger partial charge in [-0.15, -0.1) is 0 Å². The van der Waals surface area contributed by atoms with Gasteiger partial charge in [-0.05, 0) is 67.6 Å². The minimum atomic E-state index is -0.255. The van der Waals surface area contributed by atoms with Crippen LogP contribution in [0, 0.1) is 28.1 Å². The van der Waals surface area contributed by atoms with Gasteiger partial charge in [0.1, 0.15) is 6.29 Å². The molecule has 1 aliphatic heterocycles. The van der Waals surface area contributed by atoms with Crippen molar-refractivity contribution < 1.29 is 19.4 Å². The van der Waals surface area contributed by atoms with Gasteiger partial charge in [-0.2, -0.15) is 0 Å². The van der Waals surface area contributed by atoms with E-state index in [2.05, 4.69) is 6.92 Å². The van der Waals surface area contributed by atoms with E-state index in [1.807, 2.05) is 0 Å². The van der Waals surface area contributed by atoms with Crippen molar-refractivity contribution in [2.45, 2.75) is 77.1 Å². The molecule has 0 aromatic heterocycles. The van der Waals surface area contributed by atoms with Gasteiger partial charge in [-0.1, -0.05) is 13.3 Å². The van der Waals surface area contributed by atoms with E-state index in [4.69, 9.17) is 9.47 Å². The molecule has 3 aliphatic carbocycles. The van der Waals surface area contributed by atoms with Crippen LogP contribution >= 0.6 is 0 Å². The van der Waals surface area contributed by atoms with Crippen molar-refractivity contribution in [1.29, 1.82) is 0 Å². The van der Waals surface area contributed by atoms with Crippen molar-refractivity contribution in [3.8, 4) is 0 Å². The van der Waals surface area contributed by atoms with Gasteiger partial charge in [-0.25, -0.2) is 0 Å². The standard InChI is InChI=1S/C20H32O4/c1-18-7-3-8-20(17(23-2)24-13-18)15(18)6-9-19(10-11-21)12-14(22)4-5-16(19)20/h11,14-17,22H,3-10,12-13H2,1-2H3/t14-,15+,16+,17?,18-,19+,20-/m0/s1. The highest BCUT2D eigenvalue weighted by Crippen LogP contribution is 2.71. The molecule has 4 aliphatic rings. The predicted octanol–water partition coefficient (Wildman–Crippen LogP) is 3.31. The topological polar surface area (TPSA) is 55.8 Å². The van der Waals surface area contributed by atoms with Gasteiger partial charge in [0.25, 0.3) is 0 Å². The molecule has 7 atom stereocenters. The summed E-state index contributed by atoms with van der Waals surface area (Å²) in [7, 11) is 1.78. The minimum Gasteiger partial charge on any atom is -0.393 e. The Morgan fingerprint density at radius 3 is 2.79 bits per heavy atom. The van der Waals surface area contributed by atoms with Crippen LogP contribution in [0.3, 0.4) is 0 Å². The average molecular weight is 336 g/mol. The van der Waals surface area contributed by atoms with E-state index >= 15 is 0 Å². The van der Waals surface area contributed by atoms with E-state index in [-0.39, 0.29) is 28.6 Å². The number of aliphatic hydroxyl groups excluding tert-OH is 1. The molecule has 4 heteroatoms. The van der Waals surface area contributed by atoms with E-state index < -0.39 is 0 Å². The normalized spacial score (nSPS) is 53.8. The van der Waals surface area contributed by atoms with Crippen LogP contribution in [0.5, 0.6) is 0 Å². The first-order valence-electron chi connectivity index (χ1n) is 9.77. The number of rotatable bonds is 3. The third-order valence-electron chi connectivity index (χ3n) is 8.30. The molecule has 0 spiro atoms. The maximum Gasteiger partial charge on any atom is 0.163 e. The molecule has 3 saturated carbocycles. The van der Waals surface area contributed by atoms with Crippen LogP contribution in [0.2, 0.25) is 0 Å². The maximum atomic E-state index is 11.5. The van der Waals surface area contributed by atoms with Crippen molar-refractivity contribution in [3.63, 3.8) is 0 Å². The van der Waals surface area contributed by atoms with Gasteiger partial charge >= 0.3 is 0 Å². The second kappa shape index (κ2) is 5.78. The van der Waals surface area contributed by atoms with Crippen molar-refractivity contribution in [3.05, 3.63) is 0 Å². The van der Waals surface area contributed by atoms with E-state index in [9.17, 15) is 9.90 Å². The fourth-order valence-corrected chi connectivity index (χ4v) is 7.58. The van der Waals surface area contributed by atoms with Crippen LogP contribution < -0.4 is 0 Å². The van der Waals surface area contributed by atoms with Gasteiger partial charge in [-0.3, -0.25) is 0 Å². The molecule has 4 nitrogen and oxygen atoms in total. The van der Waals surface area contributed by atoms with Crippen LogP contribution in [0.1, 0.15) is 64.7 Å². The summed E-state index contributed by atoms with van der Waals surface area (Å²) in [5.41, 5.74) is 0.226. The smallest absolute Gasteiger partial charge is 0.163 e. The summed E-state index contributed by atoms with van der Waals surface area (Å²) in [5.74, 6) is 1.06. The summed E-state index contributed by atoms with van der Waals surface area (Å²) in [6, 6.07) is 0. The molecule has 136 valence electrons. The number of aldehydes is 1. The Labute approximate surface area is 145 Å². The number of hydrogen-bond donors (Lipinski definition) is 1. The number of hydrogen-bond acceptors (Lipinski definition) is 4. The van der Waals surface area contributed by atoms with Crippen LogP contribution in [-0.4, -0.2) is 37.5 Å². The SMILES string of the molecule is COC1OC[C@]2(C)CCC[C@@]13[C@@H]2CC[C@@]1(CC=O)C[C@@H](O)CC[C@H]13. The summed E-state index contributed by atoms with van der Waals surface area (Å²) in [6.07, 6.45) is 9.74. The second-order valence-electron chi connectivity index (χ2n) is 9.31. The molecular formula is C20H32O4. The molecule has 1 saturated heterocycles. The first-order chi connectivity index (χ1) is 11.5. The highest BCUT2D eigenvalue weighted by molar-refractivity contribution is 5.51. The van der Waals surface area contributed by atoms with E-state index in [0.29, 0.717) is 18.3 Å². The van der Waals surface area contributed by atoms with Crippen LogP contribution in [0.4, 0.5) is 0 Å². The molecule has 2 bridgehead atoms. The lowest BCUT2D eigenvalue weighted by molar-refractivity contribution is -0.339. The Morgan fingerprint density at radius 2 is 2.04 bits per heavy atom. The Morgan fingerprint density at radius 1 is 1.21 bits per heavy atom. The highest BCUT2D eigenvalue weighted by atomic mass is 16.7. The van der Waals surface area contributed by atoms with Crippen molar-refractivity contribution >= 4 is 6.29 Å². The van der Waals surface area contributed by atoms with Gasteiger partial charge < -0.3 is 19.4 Å². The van der Waals surface area contributed by atoms with Crippen LogP contribution in [0.25, 0.3) is 0 Å². The van der Waals surface area contributed by atoms with Gasteiger partial charge in [0.15, 0.2) is 6.29 Å². The molecule has 1 N–H and O–H groups in total. The average Bonchev–Trinajstić information content (AvgIpc) is 2.54. The summed E-state index contributed by atoms with van der Waals surface area (Å²) < 4.78 is 12.2. The van der Waals surface area contributed by atoms with Crippen molar-refractivity contribution in [2.75, 3.05) is 13.7 Å². The summed E-state index contributed by atoms with van der Waals surface area (Å²) in [6.45, 7) is 3.20. The second-order valence-corrected chi connectivity index (χ2v) is 9.31. The predicted molar refractivity (Wildman–Crippen MR) is 90.3 cm³/mol. The van der Waals surface area contributed by atoms with E-state index in [0.717, 1.165) is 51.4 Å². The molecular weight excluding hydrogens is 304 g/mol. The number of carbonyl (C=O) groups is 1. The van der Waals surface area contributed by atoms with E-state index in [1.165, 1.54) is 12.8 Å². The molecule has 4 fully saturated rings. The fraction of sp³-hybridized carbons (Fsp3) is 0.950. The summed E-state index contributed by atoms with van der Waals surface area (Å²) in [4.78, 5) is 11.5. The Kier molecular flexibility index (Phi) is 4.09. The van der Waals surface area contributed by atoms with Crippen molar-refractivity contribution in [2.24, 2.45) is 28.1 Å². The third kappa shape index (κ3) is 2.12. The molecule has 1 unspecified atom stereocenters. The minimum absolute atomic E-state index is 0.0292. The zero-order chi connectivity index (χ0) is 17.0. The fourth-order valence-electron chi connectivity index (χ4n) is 7.58. The molecule has 4 rings (SSSR count). The molecule has 0 aromatic rings. The quantitative estimate of drug-likeness (QED) is 0.803. The summed E-state index contributed by atoms with van der Waals surface area (Å²) in [5, 5.41) is 10.4. The molecule has 0 aromatic carbocycles. The zero-order valence-corrected chi connectivity index (χ0v) is 15.1. The van der Waals surface area contributed by atoms with Crippen LogP contribution in [-0.2, 0) is 14.3 Å². The number of methoxy groups -OCH3 is 1. The highest BCUT2D eigenvalue weighted by Gasteiger charge is 2.68. The lowest BCUT2D eigenvalue weighted by atomic mass is 9.38. The molecule has 0 amide bonds. The van der Waals surface area contributed by atoms with Crippen LogP contribution in [0.15, 0.2) is 0 Å². The Bertz CT molecular complexity index is 508.